The van der Waals surface area contributed by atoms with Gasteiger partial charge in [0.1, 0.15) is 0 Å². The van der Waals surface area contributed by atoms with E-state index in [0.29, 0.717) is 5.04 Å². The summed E-state index contributed by atoms with van der Waals surface area (Å²) in [6, 6.07) is 0. The maximum atomic E-state index is 6.18. The molecule has 2 heteroatoms. The van der Waals surface area contributed by atoms with E-state index in [1.165, 1.54) is 19.3 Å². The first kappa shape index (κ1) is 13.2. The van der Waals surface area contributed by atoms with Crippen LogP contribution in [0.1, 0.15) is 47.0 Å². The molecule has 0 radical (unpaired) electrons. The Morgan fingerprint density at radius 2 is 1.80 bits per heavy atom. The lowest BCUT2D eigenvalue weighted by Crippen LogP contribution is -2.41. The van der Waals surface area contributed by atoms with E-state index in [4.69, 9.17) is 4.43 Å². The molecule has 15 heavy (non-hydrogen) atoms. The molecule has 1 unspecified atom stereocenters. The molecule has 0 saturated heterocycles. The molecule has 0 bridgehead atoms. The zero-order valence-electron chi connectivity index (χ0n) is 11.4. The van der Waals surface area contributed by atoms with Gasteiger partial charge in [-0.1, -0.05) is 27.7 Å². The Labute approximate surface area is 96.7 Å². The van der Waals surface area contributed by atoms with Crippen LogP contribution in [-0.2, 0) is 4.43 Å². The third kappa shape index (κ3) is 3.91. The quantitative estimate of drug-likeness (QED) is 0.632. The number of rotatable bonds is 5. The summed E-state index contributed by atoms with van der Waals surface area (Å²) in [5, 5.41) is 0.357. The molecule has 0 N–H and O–H groups in total. The lowest BCUT2D eigenvalue weighted by atomic mass is 10.0. The summed E-state index contributed by atoms with van der Waals surface area (Å²) < 4.78 is 6.18. The maximum Gasteiger partial charge on any atom is 0.191 e. The number of hydrogen-bond donors (Lipinski definition) is 0. The molecule has 0 heterocycles. The second-order valence-electron chi connectivity index (χ2n) is 6.71. The van der Waals surface area contributed by atoms with Gasteiger partial charge in [0.2, 0.25) is 0 Å². The van der Waals surface area contributed by atoms with Crippen molar-refractivity contribution in [2.75, 3.05) is 6.61 Å². The summed E-state index contributed by atoms with van der Waals surface area (Å²) in [5.41, 5.74) is 0. The average Bonchev–Trinajstić information content (AvgIpc) is 2.83. The van der Waals surface area contributed by atoms with Crippen molar-refractivity contribution >= 4 is 8.32 Å². The summed E-state index contributed by atoms with van der Waals surface area (Å²) in [7, 11) is -1.49. The Kier molecular flexibility index (Phi) is 4.05. The van der Waals surface area contributed by atoms with Crippen molar-refractivity contribution in [1.29, 1.82) is 0 Å². The Balaban J connectivity index is 2.23. The van der Waals surface area contributed by atoms with E-state index < -0.39 is 8.32 Å². The molecular weight excluding hydrogens is 200 g/mol. The molecule has 0 spiro atoms. The van der Waals surface area contributed by atoms with Gasteiger partial charge in [-0.15, -0.1) is 0 Å². The topological polar surface area (TPSA) is 9.23 Å². The van der Waals surface area contributed by atoms with Crippen molar-refractivity contribution in [1.82, 2.24) is 0 Å². The smallest absolute Gasteiger partial charge is 0.191 e. The molecule has 0 aromatic rings. The van der Waals surface area contributed by atoms with Gasteiger partial charge in [0.05, 0.1) is 0 Å². The maximum absolute atomic E-state index is 6.18. The zero-order valence-corrected chi connectivity index (χ0v) is 12.4. The highest BCUT2D eigenvalue weighted by molar-refractivity contribution is 6.74. The van der Waals surface area contributed by atoms with Crippen LogP contribution in [0.5, 0.6) is 0 Å². The lowest BCUT2D eigenvalue weighted by molar-refractivity contribution is 0.252. The Morgan fingerprint density at radius 1 is 1.27 bits per heavy atom. The lowest BCUT2D eigenvalue weighted by Gasteiger charge is -2.36. The highest BCUT2D eigenvalue weighted by Crippen LogP contribution is 2.39. The first-order valence-corrected chi connectivity index (χ1v) is 9.29. The van der Waals surface area contributed by atoms with Crippen LogP contribution in [-0.4, -0.2) is 14.9 Å². The van der Waals surface area contributed by atoms with Crippen molar-refractivity contribution < 1.29 is 4.43 Å². The summed E-state index contributed by atoms with van der Waals surface area (Å²) >= 11 is 0. The van der Waals surface area contributed by atoms with Gasteiger partial charge in [0.15, 0.2) is 8.32 Å². The van der Waals surface area contributed by atoms with Gasteiger partial charge in [0.25, 0.3) is 0 Å². The molecule has 1 atom stereocenters. The molecule has 1 rings (SSSR count). The third-order valence-electron chi connectivity index (χ3n) is 4.27. The minimum atomic E-state index is -1.49. The van der Waals surface area contributed by atoms with Crippen LogP contribution in [0.4, 0.5) is 0 Å². The third-order valence-corrected chi connectivity index (χ3v) is 8.81. The van der Waals surface area contributed by atoms with Crippen LogP contribution in [0.25, 0.3) is 0 Å². The predicted molar refractivity (Wildman–Crippen MR) is 69.7 cm³/mol. The molecule has 1 nitrogen and oxygen atoms in total. The average molecular weight is 228 g/mol. The normalized spacial score (nSPS) is 20.4. The highest BCUT2D eigenvalue weighted by Gasteiger charge is 2.37. The summed E-state index contributed by atoms with van der Waals surface area (Å²) in [4.78, 5) is 0. The van der Waals surface area contributed by atoms with E-state index >= 15 is 0 Å². The minimum Gasteiger partial charge on any atom is -0.417 e. The summed E-state index contributed by atoms with van der Waals surface area (Å²) in [5.74, 6) is 1.91. The second kappa shape index (κ2) is 4.58. The van der Waals surface area contributed by atoms with Crippen molar-refractivity contribution in [2.45, 2.75) is 65.1 Å². The van der Waals surface area contributed by atoms with Crippen molar-refractivity contribution in [3.05, 3.63) is 0 Å². The first-order valence-electron chi connectivity index (χ1n) is 6.38. The van der Waals surface area contributed by atoms with Gasteiger partial charge in [-0.05, 0) is 49.2 Å². The molecule has 0 aromatic heterocycles. The van der Waals surface area contributed by atoms with Gasteiger partial charge in [0, 0.05) is 6.61 Å². The molecule has 0 amide bonds. The van der Waals surface area contributed by atoms with Crippen LogP contribution in [0.2, 0.25) is 18.1 Å². The van der Waals surface area contributed by atoms with Gasteiger partial charge in [-0.25, -0.2) is 0 Å². The van der Waals surface area contributed by atoms with E-state index in [1.54, 1.807) is 0 Å². The minimum absolute atomic E-state index is 0.357. The SMILES string of the molecule is CC(CCO[Si](C)(C)C(C)(C)C)C1CC1. The summed E-state index contributed by atoms with van der Waals surface area (Å²) in [6.45, 7) is 15.0. The van der Waals surface area contributed by atoms with Crippen LogP contribution in [0, 0.1) is 11.8 Å². The number of hydrogen-bond acceptors (Lipinski definition) is 1. The second-order valence-corrected chi connectivity index (χ2v) is 11.5. The molecular formula is C13H28OSi. The van der Waals surface area contributed by atoms with E-state index in [-0.39, 0.29) is 0 Å². The van der Waals surface area contributed by atoms with E-state index in [1.807, 2.05) is 0 Å². The Hall–Kier alpha value is 0.177. The van der Waals surface area contributed by atoms with Gasteiger partial charge in [-0.2, -0.15) is 0 Å². The fraction of sp³-hybridized carbons (Fsp3) is 1.00. The summed E-state index contributed by atoms with van der Waals surface area (Å²) in [6.07, 6.45) is 4.18. The molecule has 0 aliphatic heterocycles. The van der Waals surface area contributed by atoms with Gasteiger partial charge in [-0.3, -0.25) is 0 Å². The van der Waals surface area contributed by atoms with E-state index in [2.05, 4.69) is 40.8 Å². The molecule has 1 saturated carbocycles. The highest BCUT2D eigenvalue weighted by atomic mass is 28.4. The largest absolute Gasteiger partial charge is 0.417 e. The van der Waals surface area contributed by atoms with Crippen molar-refractivity contribution in [3.8, 4) is 0 Å². The fourth-order valence-electron chi connectivity index (χ4n) is 1.62. The molecule has 90 valence electrons. The molecule has 1 fully saturated rings. The van der Waals surface area contributed by atoms with Gasteiger partial charge < -0.3 is 4.43 Å². The standard InChI is InChI=1S/C13H28OSi/c1-11(12-7-8-12)9-10-14-15(5,6)13(2,3)4/h11-12H,7-10H2,1-6H3. The monoisotopic (exact) mass is 228 g/mol. The van der Waals surface area contributed by atoms with E-state index in [0.717, 1.165) is 18.4 Å². The molecule has 0 aromatic carbocycles. The van der Waals surface area contributed by atoms with Gasteiger partial charge >= 0.3 is 0 Å². The molecule has 1 aliphatic rings. The molecule has 1 aliphatic carbocycles. The van der Waals surface area contributed by atoms with Crippen LogP contribution < -0.4 is 0 Å². The fourth-order valence-corrected chi connectivity index (χ4v) is 2.68. The predicted octanol–water partition coefficient (Wildman–Crippen LogP) is 4.44. The zero-order chi connectivity index (χ0) is 11.7. The van der Waals surface area contributed by atoms with Crippen LogP contribution in [0.15, 0.2) is 0 Å². The van der Waals surface area contributed by atoms with Crippen molar-refractivity contribution in [2.24, 2.45) is 11.8 Å². The Morgan fingerprint density at radius 3 is 2.20 bits per heavy atom. The Bertz CT molecular complexity index is 201. The van der Waals surface area contributed by atoms with E-state index in [9.17, 15) is 0 Å². The van der Waals surface area contributed by atoms with Crippen LogP contribution in [0.3, 0.4) is 0 Å². The van der Waals surface area contributed by atoms with Crippen LogP contribution >= 0.6 is 0 Å². The first-order chi connectivity index (χ1) is 6.74. The van der Waals surface area contributed by atoms with Crippen molar-refractivity contribution in [3.63, 3.8) is 0 Å².